The molecule has 1 heterocycles. The van der Waals surface area contributed by atoms with Crippen LogP contribution in [0, 0.1) is 6.92 Å². The van der Waals surface area contributed by atoms with Crippen LogP contribution in [0.5, 0.6) is 0 Å². The molecule has 0 bridgehead atoms. The van der Waals surface area contributed by atoms with E-state index >= 15 is 0 Å². The minimum absolute atomic E-state index is 0.441. The first-order chi connectivity index (χ1) is 8.61. The van der Waals surface area contributed by atoms with Crippen LogP contribution in [0.25, 0.3) is 0 Å². The summed E-state index contributed by atoms with van der Waals surface area (Å²) in [6.07, 6.45) is 6.35. The van der Waals surface area contributed by atoms with Gasteiger partial charge in [0.05, 0.1) is 0 Å². The third-order valence-corrected chi connectivity index (χ3v) is 4.98. The number of benzene rings is 1. The number of hydrogen-bond acceptors (Lipinski definition) is 1. The Kier molecular flexibility index (Phi) is 2.73. The smallest absolute Gasteiger partial charge is 0.0404 e. The second-order valence-electron chi connectivity index (χ2n) is 6.22. The lowest BCUT2D eigenvalue weighted by molar-refractivity contribution is 0.302. The van der Waals surface area contributed by atoms with Crippen molar-refractivity contribution in [3.8, 4) is 0 Å². The molecular formula is C17H23N. The molecule has 0 radical (unpaired) electrons. The number of rotatable bonds is 0. The van der Waals surface area contributed by atoms with Crippen LogP contribution in [-0.2, 0) is 5.41 Å². The second-order valence-corrected chi connectivity index (χ2v) is 6.22. The molecular weight excluding hydrogens is 218 g/mol. The van der Waals surface area contributed by atoms with Gasteiger partial charge in [-0.2, -0.15) is 0 Å². The molecule has 1 fully saturated rings. The monoisotopic (exact) mass is 241 g/mol. The Balaban J connectivity index is 2.05. The summed E-state index contributed by atoms with van der Waals surface area (Å²) < 4.78 is 0. The number of anilines is 1. The zero-order valence-electron chi connectivity index (χ0n) is 11.6. The van der Waals surface area contributed by atoms with Crippen LogP contribution in [0.2, 0.25) is 0 Å². The van der Waals surface area contributed by atoms with Crippen molar-refractivity contribution in [1.82, 2.24) is 0 Å². The largest absolute Gasteiger partial charge is 0.374 e. The zero-order valence-corrected chi connectivity index (χ0v) is 11.6. The topological polar surface area (TPSA) is 3.24 Å². The molecule has 1 heteroatoms. The van der Waals surface area contributed by atoms with Gasteiger partial charge < -0.3 is 4.90 Å². The van der Waals surface area contributed by atoms with Crippen LogP contribution >= 0.6 is 0 Å². The normalized spacial score (nSPS) is 22.1. The first-order valence-corrected chi connectivity index (χ1v) is 7.10. The van der Waals surface area contributed by atoms with Gasteiger partial charge in [0.2, 0.25) is 0 Å². The lowest BCUT2D eigenvalue weighted by Gasteiger charge is -2.46. The highest BCUT2D eigenvalue weighted by atomic mass is 15.1. The molecule has 1 saturated carbocycles. The Bertz CT molecular complexity index is 476. The van der Waals surface area contributed by atoms with E-state index in [-0.39, 0.29) is 0 Å². The number of nitrogens with zero attached hydrogens (tertiary/aromatic N) is 1. The summed E-state index contributed by atoms with van der Waals surface area (Å²) in [5.41, 5.74) is 6.32. The summed E-state index contributed by atoms with van der Waals surface area (Å²) in [6, 6.07) is 7.03. The van der Waals surface area contributed by atoms with Crippen molar-refractivity contribution in [3.63, 3.8) is 0 Å². The second kappa shape index (κ2) is 4.15. The molecule has 0 atom stereocenters. The van der Waals surface area contributed by atoms with Gasteiger partial charge in [0.25, 0.3) is 0 Å². The van der Waals surface area contributed by atoms with Crippen molar-refractivity contribution in [1.29, 1.82) is 0 Å². The number of fused-ring (bicyclic) bond motifs is 2. The third kappa shape index (κ3) is 1.77. The molecule has 0 aromatic heterocycles. The predicted octanol–water partition coefficient (Wildman–Crippen LogP) is 4.20. The highest BCUT2D eigenvalue weighted by molar-refractivity contribution is 5.60. The highest BCUT2D eigenvalue weighted by Gasteiger charge is 2.39. The Morgan fingerprint density at radius 3 is 2.61 bits per heavy atom. The molecule has 0 saturated heterocycles. The molecule has 1 aliphatic heterocycles. The van der Waals surface area contributed by atoms with E-state index in [4.69, 9.17) is 0 Å². The van der Waals surface area contributed by atoms with Gasteiger partial charge in [-0.3, -0.25) is 0 Å². The summed E-state index contributed by atoms with van der Waals surface area (Å²) >= 11 is 0. The quantitative estimate of drug-likeness (QED) is 0.615. The molecule has 96 valence electrons. The first kappa shape index (κ1) is 11.8. The van der Waals surface area contributed by atoms with Crippen molar-refractivity contribution in [2.75, 3.05) is 18.5 Å². The van der Waals surface area contributed by atoms with Crippen LogP contribution in [0.15, 0.2) is 30.4 Å². The van der Waals surface area contributed by atoms with Gasteiger partial charge in [0, 0.05) is 19.3 Å². The first-order valence-electron chi connectivity index (χ1n) is 7.10. The standard InChI is InChI=1S/C17H23N/c1-13-6-8-17(9-7-13)10-11-18(3)16-12-14(2)4-5-15(16)17/h4-5,12H,1,6-11H2,2-3H3. The minimum atomic E-state index is 0.441. The van der Waals surface area contributed by atoms with E-state index in [1.807, 2.05) is 0 Å². The van der Waals surface area contributed by atoms with Crippen molar-refractivity contribution in [2.45, 2.75) is 44.4 Å². The molecule has 1 aromatic carbocycles. The highest BCUT2D eigenvalue weighted by Crippen LogP contribution is 2.49. The summed E-state index contributed by atoms with van der Waals surface area (Å²) in [5, 5.41) is 0. The summed E-state index contributed by atoms with van der Waals surface area (Å²) in [5.74, 6) is 0. The summed E-state index contributed by atoms with van der Waals surface area (Å²) in [6.45, 7) is 7.56. The van der Waals surface area contributed by atoms with E-state index in [2.05, 4.69) is 43.6 Å². The number of aryl methyl sites for hydroxylation is 1. The minimum Gasteiger partial charge on any atom is -0.374 e. The average Bonchev–Trinajstić information content (AvgIpc) is 2.37. The molecule has 3 rings (SSSR count). The Morgan fingerprint density at radius 1 is 1.17 bits per heavy atom. The van der Waals surface area contributed by atoms with Crippen molar-refractivity contribution >= 4 is 5.69 Å². The van der Waals surface area contributed by atoms with Crippen LogP contribution in [-0.4, -0.2) is 13.6 Å². The van der Waals surface area contributed by atoms with E-state index in [0.717, 1.165) is 0 Å². The van der Waals surface area contributed by atoms with Gasteiger partial charge in [-0.1, -0.05) is 24.3 Å². The molecule has 1 nitrogen and oxygen atoms in total. The summed E-state index contributed by atoms with van der Waals surface area (Å²) in [4.78, 5) is 2.43. The Morgan fingerprint density at radius 2 is 1.89 bits per heavy atom. The van der Waals surface area contributed by atoms with Crippen LogP contribution < -0.4 is 4.90 Å². The fraction of sp³-hybridized carbons (Fsp3) is 0.529. The van der Waals surface area contributed by atoms with Crippen molar-refractivity contribution < 1.29 is 0 Å². The third-order valence-electron chi connectivity index (χ3n) is 4.98. The maximum absolute atomic E-state index is 4.17. The molecule has 0 N–H and O–H groups in total. The molecule has 1 aromatic rings. The number of allylic oxidation sites excluding steroid dienone is 1. The van der Waals surface area contributed by atoms with Crippen molar-refractivity contribution in [2.24, 2.45) is 0 Å². The lowest BCUT2D eigenvalue weighted by atomic mass is 9.64. The average molecular weight is 241 g/mol. The Labute approximate surface area is 111 Å². The maximum Gasteiger partial charge on any atom is 0.0404 e. The van der Waals surface area contributed by atoms with Crippen LogP contribution in [0.1, 0.15) is 43.2 Å². The van der Waals surface area contributed by atoms with Gasteiger partial charge in [-0.25, -0.2) is 0 Å². The van der Waals surface area contributed by atoms with Crippen LogP contribution in [0.3, 0.4) is 0 Å². The fourth-order valence-electron chi connectivity index (χ4n) is 3.64. The van der Waals surface area contributed by atoms with E-state index in [1.165, 1.54) is 55.5 Å². The SMILES string of the molecule is C=C1CCC2(CC1)CCN(C)c1cc(C)ccc12. The molecule has 1 aliphatic carbocycles. The van der Waals surface area contributed by atoms with E-state index in [0.29, 0.717) is 5.41 Å². The summed E-state index contributed by atoms with van der Waals surface area (Å²) in [7, 11) is 2.23. The van der Waals surface area contributed by atoms with Crippen molar-refractivity contribution in [3.05, 3.63) is 41.5 Å². The van der Waals surface area contributed by atoms with Crippen LogP contribution in [0.4, 0.5) is 5.69 Å². The van der Waals surface area contributed by atoms with E-state index < -0.39 is 0 Å². The van der Waals surface area contributed by atoms with Gasteiger partial charge in [0.1, 0.15) is 0 Å². The van der Waals surface area contributed by atoms with E-state index in [1.54, 1.807) is 5.56 Å². The van der Waals surface area contributed by atoms with Gasteiger partial charge >= 0.3 is 0 Å². The molecule has 0 unspecified atom stereocenters. The zero-order chi connectivity index (χ0) is 12.8. The molecule has 1 spiro atoms. The maximum atomic E-state index is 4.17. The molecule has 2 aliphatic rings. The molecule has 0 amide bonds. The van der Waals surface area contributed by atoms with Gasteiger partial charge in [-0.05, 0) is 61.6 Å². The van der Waals surface area contributed by atoms with Gasteiger partial charge in [-0.15, -0.1) is 0 Å². The van der Waals surface area contributed by atoms with Gasteiger partial charge in [0.15, 0.2) is 0 Å². The molecule has 18 heavy (non-hydrogen) atoms. The lowest BCUT2D eigenvalue weighted by Crippen LogP contribution is -2.40. The van der Waals surface area contributed by atoms with E-state index in [9.17, 15) is 0 Å². The number of hydrogen-bond donors (Lipinski definition) is 0. The predicted molar refractivity (Wildman–Crippen MR) is 78.4 cm³/mol. The Hall–Kier alpha value is -1.24. The fourth-order valence-corrected chi connectivity index (χ4v) is 3.64.